The molecule has 1 aliphatic carbocycles. The fraction of sp³-hybridized carbons (Fsp3) is 0.533. The van der Waals surface area contributed by atoms with Crippen molar-refractivity contribution in [1.29, 1.82) is 0 Å². The summed E-state index contributed by atoms with van der Waals surface area (Å²) in [5.41, 5.74) is 1.25. The molecule has 2 N–H and O–H groups in total. The molecule has 2 aliphatic rings. The van der Waals surface area contributed by atoms with E-state index in [0.717, 1.165) is 6.42 Å². The molecule has 3 rings (SSSR count). The van der Waals surface area contributed by atoms with Crippen LogP contribution in [0, 0.1) is 0 Å². The predicted molar refractivity (Wildman–Crippen MR) is 80.8 cm³/mol. The highest BCUT2D eigenvalue weighted by atomic mass is 32.2. The smallest absolute Gasteiger partial charge is 0.221 e. The summed E-state index contributed by atoms with van der Waals surface area (Å²) >= 11 is 0. The van der Waals surface area contributed by atoms with Gasteiger partial charge in [-0.1, -0.05) is 30.3 Å². The molecule has 1 aromatic carbocycles. The number of sulfone groups is 1. The van der Waals surface area contributed by atoms with Crippen molar-refractivity contribution in [2.45, 2.75) is 30.8 Å². The lowest BCUT2D eigenvalue weighted by Crippen LogP contribution is -2.47. The van der Waals surface area contributed by atoms with Crippen LogP contribution in [-0.4, -0.2) is 44.5 Å². The fourth-order valence-corrected chi connectivity index (χ4v) is 4.36. The monoisotopic (exact) mass is 308 g/mol. The van der Waals surface area contributed by atoms with Crippen molar-refractivity contribution in [2.24, 2.45) is 0 Å². The van der Waals surface area contributed by atoms with Crippen LogP contribution in [0.3, 0.4) is 0 Å². The highest BCUT2D eigenvalue weighted by Gasteiger charge is 2.39. The van der Waals surface area contributed by atoms with Crippen molar-refractivity contribution in [3.8, 4) is 0 Å². The third-order valence-electron chi connectivity index (χ3n) is 4.10. The third kappa shape index (κ3) is 3.83. The summed E-state index contributed by atoms with van der Waals surface area (Å²) in [6.07, 6.45) is 1.20. The summed E-state index contributed by atoms with van der Waals surface area (Å²) in [4.78, 5) is 12.0. The summed E-state index contributed by atoms with van der Waals surface area (Å²) in [5.74, 6) is 0.572. The quantitative estimate of drug-likeness (QED) is 0.846. The van der Waals surface area contributed by atoms with E-state index in [-0.39, 0.29) is 35.9 Å². The van der Waals surface area contributed by atoms with Gasteiger partial charge in [0.15, 0.2) is 9.84 Å². The third-order valence-corrected chi connectivity index (χ3v) is 5.83. The molecule has 1 aromatic rings. The zero-order valence-electron chi connectivity index (χ0n) is 11.8. The fourth-order valence-electron chi connectivity index (χ4n) is 2.91. The average molecular weight is 308 g/mol. The van der Waals surface area contributed by atoms with Gasteiger partial charge in [-0.2, -0.15) is 0 Å². The Kier molecular flexibility index (Phi) is 3.99. The minimum absolute atomic E-state index is 0.0620. The van der Waals surface area contributed by atoms with E-state index in [0.29, 0.717) is 12.5 Å². The predicted octanol–water partition coefficient (Wildman–Crippen LogP) is 0.435. The van der Waals surface area contributed by atoms with Crippen LogP contribution in [0.25, 0.3) is 0 Å². The van der Waals surface area contributed by atoms with E-state index in [2.05, 4.69) is 22.8 Å². The van der Waals surface area contributed by atoms with E-state index in [1.54, 1.807) is 0 Å². The molecule has 21 heavy (non-hydrogen) atoms. The van der Waals surface area contributed by atoms with Crippen LogP contribution in [0.15, 0.2) is 30.3 Å². The van der Waals surface area contributed by atoms with Crippen molar-refractivity contribution >= 4 is 15.7 Å². The van der Waals surface area contributed by atoms with Crippen LogP contribution in [0.2, 0.25) is 0 Å². The first-order chi connectivity index (χ1) is 10.0. The van der Waals surface area contributed by atoms with Gasteiger partial charge in [0.1, 0.15) is 0 Å². The van der Waals surface area contributed by atoms with Gasteiger partial charge < -0.3 is 10.6 Å². The minimum Gasteiger partial charge on any atom is -0.353 e. The second-order valence-electron chi connectivity index (χ2n) is 5.90. The number of carbonyl (C=O) groups excluding carboxylic acids is 1. The first-order valence-corrected chi connectivity index (χ1v) is 9.14. The van der Waals surface area contributed by atoms with Crippen molar-refractivity contribution in [2.75, 3.05) is 18.1 Å². The average Bonchev–Trinajstić information content (AvgIpc) is 3.17. The largest absolute Gasteiger partial charge is 0.353 e. The van der Waals surface area contributed by atoms with Crippen molar-refractivity contribution < 1.29 is 13.2 Å². The molecule has 6 heteroatoms. The summed E-state index contributed by atoms with van der Waals surface area (Å²) < 4.78 is 23.1. The first kappa shape index (κ1) is 14.5. The molecule has 2 fully saturated rings. The molecule has 114 valence electrons. The standard InChI is InChI=1S/C15H20N2O3S/c18-15(8-12-10-21(19,20)7-6-16-12)17-14-9-13(14)11-4-2-1-3-5-11/h1-5,12-14,16H,6-10H2,(H,17,18). The van der Waals surface area contributed by atoms with Crippen LogP contribution in [-0.2, 0) is 14.6 Å². The Morgan fingerprint density at radius 3 is 2.76 bits per heavy atom. The van der Waals surface area contributed by atoms with Crippen molar-refractivity contribution in [1.82, 2.24) is 10.6 Å². The molecule has 3 unspecified atom stereocenters. The molecule has 0 radical (unpaired) electrons. The summed E-state index contributed by atoms with van der Waals surface area (Å²) in [6, 6.07) is 10.1. The molecular weight excluding hydrogens is 288 g/mol. The molecule has 3 atom stereocenters. The molecule has 1 amide bonds. The Hall–Kier alpha value is -1.40. The minimum atomic E-state index is -2.99. The van der Waals surface area contributed by atoms with E-state index >= 15 is 0 Å². The molecule has 1 heterocycles. The molecule has 0 bridgehead atoms. The summed E-state index contributed by atoms with van der Waals surface area (Å²) in [7, 11) is -2.99. The number of hydrogen-bond acceptors (Lipinski definition) is 4. The van der Waals surface area contributed by atoms with Gasteiger partial charge in [0.25, 0.3) is 0 Å². The van der Waals surface area contributed by atoms with Gasteiger partial charge in [0, 0.05) is 31.0 Å². The molecular formula is C15H20N2O3S. The van der Waals surface area contributed by atoms with E-state index < -0.39 is 9.84 Å². The van der Waals surface area contributed by atoms with Crippen LogP contribution < -0.4 is 10.6 Å². The first-order valence-electron chi connectivity index (χ1n) is 7.31. The van der Waals surface area contributed by atoms with Crippen LogP contribution in [0.4, 0.5) is 0 Å². The lowest BCUT2D eigenvalue weighted by Gasteiger charge is -2.23. The summed E-state index contributed by atoms with van der Waals surface area (Å²) in [5, 5.41) is 6.11. The lowest BCUT2D eigenvalue weighted by molar-refractivity contribution is -0.121. The van der Waals surface area contributed by atoms with Crippen molar-refractivity contribution in [3.63, 3.8) is 0 Å². The zero-order chi connectivity index (χ0) is 14.9. The van der Waals surface area contributed by atoms with Crippen molar-refractivity contribution in [3.05, 3.63) is 35.9 Å². The molecule has 1 saturated heterocycles. The molecule has 5 nitrogen and oxygen atoms in total. The van der Waals surface area contributed by atoms with Gasteiger partial charge in [0.05, 0.1) is 11.5 Å². The number of benzene rings is 1. The normalized spacial score (nSPS) is 30.6. The maximum atomic E-state index is 12.0. The van der Waals surface area contributed by atoms with Crippen LogP contribution in [0.1, 0.15) is 24.3 Å². The maximum absolute atomic E-state index is 12.0. The van der Waals surface area contributed by atoms with E-state index in [9.17, 15) is 13.2 Å². The number of rotatable bonds is 4. The Morgan fingerprint density at radius 2 is 2.05 bits per heavy atom. The number of hydrogen-bond donors (Lipinski definition) is 2. The highest BCUT2D eigenvalue weighted by Crippen LogP contribution is 2.40. The van der Waals surface area contributed by atoms with Gasteiger partial charge >= 0.3 is 0 Å². The Labute approximate surface area is 125 Å². The van der Waals surface area contributed by atoms with E-state index in [4.69, 9.17) is 0 Å². The van der Waals surface area contributed by atoms with E-state index in [1.165, 1.54) is 5.56 Å². The molecule has 0 spiro atoms. The van der Waals surface area contributed by atoms with Crippen LogP contribution in [0.5, 0.6) is 0 Å². The zero-order valence-corrected chi connectivity index (χ0v) is 12.6. The molecule has 1 saturated carbocycles. The number of carbonyl (C=O) groups is 1. The Bertz CT molecular complexity index is 615. The van der Waals surface area contributed by atoms with Gasteiger partial charge in [-0.25, -0.2) is 8.42 Å². The molecule has 1 aliphatic heterocycles. The maximum Gasteiger partial charge on any atom is 0.221 e. The number of nitrogens with one attached hydrogen (secondary N) is 2. The Morgan fingerprint density at radius 1 is 1.29 bits per heavy atom. The van der Waals surface area contributed by atoms with E-state index in [1.807, 2.05) is 18.2 Å². The Balaban J connectivity index is 1.48. The number of amides is 1. The second kappa shape index (κ2) is 5.77. The lowest BCUT2D eigenvalue weighted by atomic mass is 10.1. The van der Waals surface area contributed by atoms with Gasteiger partial charge in [0.2, 0.25) is 5.91 Å². The topological polar surface area (TPSA) is 75.3 Å². The second-order valence-corrected chi connectivity index (χ2v) is 8.13. The summed E-state index contributed by atoms with van der Waals surface area (Å²) in [6.45, 7) is 0.441. The van der Waals surface area contributed by atoms with Gasteiger partial charge in [-0.3, -0.25) is 4.79 Å². The SMILES string of the molecule is O=C(CC1CS(=O)(=O)CCN1)NC1CC1c1ccccc1. The van der Waals surface area contributed by atoms with Gasteiger partial charge in [-0.15, -0.1) is 0 Å². The molecule has 0 aromatic heterocycles. The van der Waals surface area contributed by atoms with Gasteiger partial charge in [-0.05, 0) is 12.0 Å². The highest BCUT2D eigenvalue weighted by molar-refractivity contribution is 7.91. The van der Waals surface area contributed by atoms with Crippen LogP contribution >= 0.6 is 0 Å².